The van der Waals surface area contributed by atoms with E-state index >= 15 is 0 Å². The molecule has 0 aliphatic carbocycles. The number of carboxylic acids is 2. The van der Waals surface area contributed by atoms with Crippen molar-refractivity contribution in [1.29, 1.82) is 0 Å². The molecule has 0 bridgehead atoms. The first kappa shape index (κ1) is 13.6. The first-order valence-electron chi connectivity index (χ1n) is 3.84. The molecule has 7 nitrogen and oxygen atoms in total. The highest BCUT2D eigenvalue weighted by Crippen LogP contribution is 1.97. The molecule has 0 aromatic carbocycles. The Bertz CT molecular complexity index is 360. The minimum Gasteiger partial charge on any atom is -0.481 e. The van der Waals surface area contributed by atoms with E-state index in [2.05, 4.69) is 6.58 Å². The number of aliphatic carboxylic acids is 2. The number of rotatable bonds is 7. The van der Waals surface area contributed by atoms with E-state index in [0.717, 1.165) is 6.08 Å². The summed E-state index contributed by atoms with van der Waals surface area (Å²) in [4.78, 5) is 20.7. The van der Waals surface area contributed by atoms with Crippen LogP contribution in [0.15, 0.2) is 12.7 Å². The maximum atomic E-state index is 11.1. The first-order valence-corrected chi connectivity index (χ1v) is 5.49. The van der Waals surface area contributed by atoms with Crippen molar-refractivity contribution in [2.75, 3.05) is 5.75 Å². The van der Waals surface area contributed by atoms with Gasteiger partial charge in [0.25, 0.3) is 0 Å². The second kappa shape index (κ2) is 5.47. The Morgan fingerprint density at radius 1 is 1.40 bits per heavy atom. The van der Waals surface area contributed by atoms with Gasteiger partial charge in [-0.1, -0.05) is 6.08 Å². The molecule has 0 saturated carbocycles. The largest absolute Gasteiger partial charge is 0.481 e. The Hall–Kier alpha value is -1.41. The van der Waals surface area contributed by atoms with Gasteiger partial charge in [0.2, 0.25) is 10.0 Å². The highest BCUT2D eigenvalue weighted by molar-refractivity contribution is 7.89. The van der Waals surface area contributed by atoms with Crippen LogP contribution in [0.3, 0.4) is 0 Å². The average Bonchev–Trinajstić information content (AvgIpc) is 2.00. The molecule has 15 heavy (non-hydrogen) atoms. The molecular formula is C7H11NO6S. The standard InChI is InChI=1S/C7H11NO6S/c1-2-3-15(13,14)8-5(7(11)12)4-6(9)10/h2,5,8H,1,3-4H2,(H,9,10)(H,11,12)/t5-/m1/s1. The summed E-state index contributed by atoms with van der Waals surface area (Å²) in [6, 6.07) is -1.66. The maximum Gasteiger partial charge on any atom is 0.322 e. The van der Waals surface area contributed by atoms with Gasteiger partial charge in [0.05, 0.1) is 12.2 Å². The van der Waals surface area contributed by atoms with Crippen LogP contribution in [-0.4, -0.2) is 42.4 Å². The van der Waals surface area contributed by atoms with Crippen molar-refractivity contribution in [2.45, 2.75) is 12.5 Å². The molecule has 8 heteroatoms. The molecule has 0 aromatic heterocycles. The lowest BCUT2D eigenvalue weighted by Gasteiger charge is -2.11. The third-order valence-electron chi connectivity index (χ3n) is 1.34. The number of sulfonamides is 1. The summed E-state index contributed by atoms with van der Waals surface area (Å²) < 4.78 is 23.9. The summed E-state index contributed by atoms with van der Waals surface area (Å²) in [6.07, 6.45) is 0.258. The Balaban J connectivity index is 4.61. The Labute approximate surface area is 86.5 Å². The van der Waals surface area contributed by atoms with Gasteiger partial charge in [-0.15, -0.1) is 6.58 Å². The predicted octanol–water partition coefficient (Wildman–Crippen LogP) is -0.980. The molecule has 0 spiro atoms. The molecule has 0 rings (SSSR count). The molecule has 0 fully saturated rings. The first-order chi connectivity index (χ1) is 6.78. The number of nitrogens with one attached hydrogen (secondary N) is 1. The quantitative estimate of drug-likeness (QED) is 0.489. The summed E-state index contributed by atoms with van der Waals surface area (Å²) >= 11 is 0. The molecule has 0 saturated heterocycles. The van der Waals surface area contributed by atoms with Gasteiger partial charge in [0.1, 0.15) is 6.04 Å². The van der Waals surface area contributed by atoms with E-state index in [9.17, 15) is 18.0 Å². The third-order valence-corrected chi connectivity index (χ3v) is 2.65. The maximum absolute atomic E-state index is 11.1. The summed E-state index contributed by atoms with van der Waals surface area (Å²) in [5.74, 6) is -3.40. The second-order valence-electron chi connectivity index (χ2n) is 2.68. The number of carbonyl (C=O) groups is 2. The Kier molecular flexibility index (Phi) is 4.95. The van der Waals surface area contributed by atoms with Gasteiger partial charge in [0, 0.05) is 0 Å². The Morgan fingerprint density at radius 3 is 2.27 bits per heavy atom. The lowest BCUT2D eigenvalue weighted by atomic mass is 10.2. The van der Waals surface area contributed by atoms with Crippen LogP contribution in [0.4, 0.5) is 0 Å². The van der Waals surface area contributed by atoms with E-state index in [1.54, 1.807) is 4.72 Å². The zero-order valence-corrected chi connectivity index (χ0v) is 8.53. The molecule has 0 aromatic rings. The molecular weight excluding hydrogens is 226 g/mol. The van der Waals surface area contributed by atoms with Gasteiger partial charge in [0.15, 0.2) is 0 Å². The monoisotopic (exact) mass is 237 g/mol. The molecule has 0 aliphatic heterocycles. The topological polar surface area (TPSA) is 121 Å². The Morgan fingerprint density at radius 2 is 1.93 bits per heavy atom. The lowest BCUT2D eigenvalue weighted by Crippen LogP contribution is -2.42. The van der Waals surface area contributed by atoms with Crippen molar-refractivity contribution < 1.29 is 28.2 Å². The highest BCUT2D eigenvalue weighted by Gasteiger charge is 2.25. The average molecular weight is 237 g/mol. The smallest absolute Gasteiger partial charge is 0.322 e. The molecule has 0 unspecified atom stereocenters. The van der Waals surface area contributed by atoms with Crippen LogP contribution in [0, 0.1) is 0 Å². The summed E-state index contributed by atoms with van der Waals surface area (Å²) in [5, 5.41) is 16.9. The van der Waals surface area contributed by atoms with Crippen LogP contribution in [0.2, 0.25) is 0 Å². The molecule has 86 valence electrons. The zero-order chi connectivity index (χ0) is 12.1. The van der Waals surface area contributed by atoms with Crippen molar-refractivity contribution in [3.8, 4) is 0 Å². The number of carboxylic acid groups (broad SMARTS) is 2. The zero-order valence-electron chi connectivity index (χ0n) is 7.71. The minimum absolute atomic E-state index is 0.462. The van der Waals surface area contributed by atoms with Gasteiger partial charge >= 0.3 is 11.9 Å². The van der Waals surface area contributed by atoms with Crippen molar-refractivity contribution >= 4 is 22.0 Å². The van der Waals surface area contributed by atoms with Gasteiger partial charge in [-0.25, -0.2) is 13.1 Å². The van der Waals surface area contributed by atoms with Crippen molar-refractivity contribution in [3.05, 3.63) is 12.7 Å². The van der Waals surface area contributed by atoms with Crippen LogP contribution in [0.1, 0.15) is 6.42 Å². The fourth-order valence-electron chi connectivity index (χ4n) is 0.774. The predicted molar refractivity (Wildman–Crippen MR) is 50.8 cm³/mol. The van der Waals surface area contributed by atoms with E-state index in [1.165, 1.54) is 0 Å². The van der Waals surface area contributed by atoms with Crippen molar-refractivity contribution in [3.63, 3.8) is 0 Å². The molecule has 3 N–H and O–H groups in total. The molecule has 1 atom stereocenters. The fourth-order valence-corrected chi connectivity index (χ4v) is 1.80. The van der Waals surface area contributed by atoms with Gasteiger partial charge in [-0.2, -0.15) is 0 Å². The van der Waals surface area contributed by atoms with Gasteiger partial charge < -0.3 is 10.2 Å². The van der Waals surface area contributed by atoms with Crippen LogP contribution in [0.25, 0.3) is 0 Å². The minimum atomic E-state index is -3.83. The SMILES string of the molecule is C=CCS(=O)(=O)N[C@H](CC(=O)O)C(=O)O. The highest BCUT2D eigenvalue weighted by atomic mass is 32.2. The fraction of sp³-hybridized carbons (Fsp3) is 0.429. The lowest BCUT2D eigenvalue weighted by molar-refractivity contribution is -0.145. The van der Waals surface area contributed by atoms with E-state index in [1.807, 2.05) is 0 Å². The normalized spacial score (nSPS) is 13.1. The molecule has 0 radical (unpaired) electrons. The second-order valence-corrected chi connectivity index (χ2v) is 4.48. The van der Waals surface area contributed by atoms with Gasteiger partial charge in [-0.05, 0) is 0 Å². The summed E-state index contributed by atoms with van der Waals surface area (Å²) in [5.41, 5.74) is 0. The van der Waals surface area contributed by atoms with Crippen LogP contribution >= 0.6 is 0 Å². The van der Waals surface area contributed by atoms with Crippen molar-refractivity contribution in [1.82, 2.24) is 4.72 Å². The van der Waals surface area contributed by atoms with Gasteiger partial charge in [-0.3, -0.25) is 9.59 Å². The summed E-state index contributed by atoms with van der Waals surface area (Å²) in [6.45, 7) is 3.18. The van der Waals surface area contributed by atoms with E-state index in [4.69, 9.17) is 10.2 Å². The van der Waals surface area contributed by atoms with E-state index < -0.39 is 40.2 Å². The van der Waals surface area contributed by atoms with E-state index in [-0.39, 0.29) is 0 Å². The number of hydrogen-bond donors (Lipinski definition) is 3. The molecule has 0 heterocycles. The molecule has 0 aliphatic rings. The van der Waals surface area contributed by atoms with Crippen LogP contribution < -0.4 is 4.72 Å². The van der Waals surface area contributed by atoms with E-state index in [0.29, 0.717) is 0 Å². The third kappa shape index (κ3) is 5.81. The van der Waals surface area contributed by atoms with Crippen LogP contribution in [0.5, 0.6) is 0 Å². The number of hydrogen-bond acceptors (Lipinski definition) is 4. The molecule has 0 amide bonds. The van der Waals surface area contributed by atoms with Crippen molar-refractivity contribution in [2.24, 2.45) is 0 Å². The van der Waals surface area contributed by atoms with Crippen LogP contribution in [-0.2, 0) is 19.6 Å². The summed E-state index contributed by atoms with van der Waals surface area (Å²) in [7, 11) is -3.83.